The number of hydrogen-bond acceptors (Lipinski definition) is 5. The third-order valence-electron chi connectivity index (χ3n) is 7.13. The molecule has 3 heterocycles. The van der Waals surface area contributed by atoms with Gasteiger partial charge in [-0.2, -0.15) is 0 Å². The fourth-order valence-corrected chi connectivity index (χ4v) is 5.75. The molecule has 3 aliphatic rings. The smallest absolute Gasteiger partial charge is 0.233 e. The van der Waals surface area contributed by atoms with Crippen LogP contribution >= 0.6 is 0 Å². The maximum absolute atomic E-state index is 13.1. The van der Waals surface area contributed by atoms with Gasteiger partial charge in [-0.15, -0.1) is 0 Å². The molecule has 0 aromatic carbocycles. The summed E-state index contributed by atoms with van der Waals surface area (Å²) in [7, 11) is 0. The van der Waals surface area contributed by atoms with E-state index >= 15 is 0 Å². The molecule has 0 bridgehead atoms. The lowest BCUT2D eigenvalue weighted by atomic mass is 9.68. The first-order chi connectivity index (χ1) is 15.5. The molecule has 0 radical (unpaired) electrons. The Morgan fingerprint density at radius 3 is 2.69 bits per heavy atom. The second kappa shape index (κ2) is 9.75. The van der Waals surface area contributed by atoms with Crippen LogP contribution in [0.15, 0.2) is 33.3 Å². The number of furan rings is 1. The molecular weight excluding hydrogens is 406 g/mol. The number of allylic oxidation sites excluding steroid dienone is 2. The standard InChI is InChI=1S/C26H35NO5/c1-4-6-17-13-20-24(26(30)27(11-5-2)25(20)29)21-15-31-22(23(17)21)10-7-16(3)12-18-8-9-19(14-28)32-18/h8-9,12,20-22,24,28H,4-7,10-11,13-15H2,1-3H3/b16-12+/t20-,21+,22-,24-/m1/s1. The Balaban J connectivity index is 1.51. The first kappa shape index (κ1) is 23.0. The van der Waals surface area contributed by atoms with Crippen molar-refractivity contribution in [2.45, 2.75) is 72.0 Å². The van der Waals surface area contributed by atoms with Gasteiger partial charge in [-0.3, -0.25) is 14.5 Å². The summed E-state index contributed by atoms with van der Waals surface area (Å²) in [5.74, 6) is 0.939. The third-order valence-corrected chi connectivity index (χ3v) is 7.13. The van der Waals surface area contributed by atoms with Crippen LogP contribution in [-0.2, 0) is 20.9 Å². The number of nitrogens with zero attached hydrogens (tertiary/aromatic N) is 1. The number of likely N-dealkylation sites (tertiary alicyclic amines) is 1. The number of aliphatic hydroxyl groups is 1. The molecule has 6 nitrogen and oxygen atoms in total. The van der Waals surface area contributed by atoms with E-state index in [1.165, 1.54) is 21.6 Å². The van der Waals surface area contributed by atoms with E-state index in [0.29, 0.717) is 25.3 Å². The van der Waals surface area contributed by atoms with Gasteiger partial charge in [0.15, 0.2) is 0 Å². The number of rotatable bonds is 9. The molecule has 1 aromatic rings. The lowest BCUT2D eigenvalue weighted by Gasteiger charge is -2.32. The highest BCUT2D eigenvalue weighted by atomic mass is 16.5. The molecule has 4 rings (SSSR count). The van der Waals surface area contributed by atoms with Crippen LogP contribution in [0.25, 0.3) is 6.08 Å². The van der Waals surface area contributed by atoms with Gasteiger partial charge >= 0.3 is 0 Å². The molecule has 174 valence electrons. The Morgan fingerprint density at radius 1 is 1.19 bits per heavy atom. The normalized spacial score (nSPS) is 28.0. The largest absolute Gasteiger partial charge is 0.459 e. The van der Waals surface area contributed by atoms with E-state index in [1.54, 1.807) is 6.07 Å². The predicted octanol–water partition coefficient (Wildman–Crippen LogP) is 4.48. The second-order valence-electron chi connectivity index (χ2n) is 9.39. The van der Waals surface area contributed by atoms with Crippen LogP contribution in [-0.4, -0.2) is 41.1 Å². The van der Waals surface area contributed by atoms with Crippen molar-refractivity contribution in [1.82, 2.24) is 4.90 Å². The van der Waals surface area contributed by atoms with Gasteiger partial charge in [0.1, 0.15) is 18.1 Å². The summed E-state index contributed by atoms with van der Waals surface area (Å²) in [4.78, 5) is 27.6. The van der Waals surface area contributed by atoms with Gasteiger partial charge in [-0.1, -0.05) is 31.4 Å². The van der Waals surface area contributed by atoms with Crippen LogP contribution in [0.4, 0.5) is 0 Å². The van der Waals surface area contributed by atoms with Gasteiger partial charge in [0.25, 0.3) is 0 Å². The van der Waals surface area contributed by atoms with Crippen molar-refractivity contribution in [3.05, 3.63) is 40.4 Å². The number of imide groups is 1. The lowest BCUT2D eigenvalue weighted by molar-refractivity contribution is -0.140. The van der Waals surface area contributed by atoms with E-state index in [0.717, 1.165) is 37.9 Å². The summed E-state index contributed by atoms with van der Waals surface area (Å²) >= 11 is 0. The average Bonchev–Trinajstić information content (AvgIpc) is 3.47. The molecule has 0 spiro atoms. The molecule has 32 heavy (non-hydrogen) atoms. The van der Waals surface area contributed by atoms with Gasteiger partial charge < -0.3 is 14.3 Å². The summed E-state index contributed by atoms with van der Waals surface area (Å²) in [5.41, 5.74) is 3.84. The molecule has 2 saturated heterocycles. The van der Waals surface area contributed by atoms with Crippen LogP contribution in [0.3, 0.4) is 0 Å². The topological polar surface area (TPSA) is 80.0 Å². The Bertz CT molecular complexity index is 926. The van der Waals surface area contributed by atoms with Crippen LogP contribution in [0, 0.1) is 17.8 Å². The maximum atomic E-state index is 13.1. The van der Waals surface area contributed by atoms with Crippen molar-refractivity contribution in [3.63, 3.8) is 0 Å². The van der Waals surface area contributed by atoms with E-state index in [1.807, 2.05) is 19.1 Å². The predicted molar refractivity (Wildman–Crippen MR) is 121 cm³/mol. The number of carbonyl (C=O) groups is 2. The molecule has 4 atom stereocenters. The number of hydrogen-bond donors (Lipinski definition) is 1. The van der Waals surface area contributed by atoms with Gasteiger partial charge in [-0.25, -0.2) is 0 Å². The fourth-order valence-electron chi connectivity index (χ4n) is 5.75. The Kier molecular flexibility index (Phi) is 7.01. The Hall–Kier alpha value is -2.18. The zero-order valence-electron chi connectivity index (χ0n) is 19.4. The monoisotopic (exact) mass is 441 g/mol. The highest BCUT2D eigenvalue weighted by Gasteiger charge is 2.56. The summed E-state index contributed by atoms with van der Waals surface area (Å²) in [6, 6.07) is 3.65. The third kappa shape index (κ3) is 4.23. The molecule has 0 unspecified atom stereocenters. The minimum absolute atomic E-state index is 0.0118. The minimum Gasteiger partial charge on any atom is -0.459 e. The first-order valence-electron chi connectivity index (χ1n) is 12.0. The summed E-state index contributed by atoms with van der Waals surface area (Å²) in [5, 5.41) is 9.17. The number of aliphatic hydroxyl groups excluding tert-OH is 1. The van der Waals surface area contributed by atoms with E-state index in [-0.39, 0.29) is 42.3 Å². The van der Waals surface area contributed by atoms with Crippen molar-refractivity contribution >= 4 is 17.9 Å². The van der Waals surface area contributed by atoms with Crippen LogP contribution in [0.1, 0.15) is 70.8 Å². The van der Waals surface area contributed by atoms with Crippen molar-refractivity contribution in [2.24, 2.45) is 17.8 Å². The van der Waals surface area contributed by atoms with E-state index in [9.17, 15) is 14.7 Å². The maximum Gasteiger partial charge on any atom is 0.233 e. The van der Waals surface area contributed by atoms with Crippen LogP contribution < -0.4 is 0 Å². The lowest BCUT2D eigenvalue weighted by Crippen LogP contribution is -2.34. The van der Waals surface area contributed by atoms with Crippen LogP contribution in [0.5, 0.6) is 0 Å². The summed E-state index contributed by atoms with van der Waals surface area (Å²) in [6.45, 7) is 7.21. The van der Waals surface area contributed by atoms with Crippen molar-refractivity contribution in [2.75, 3.05) is 13.2 Å². The SMILES string of the molecule is CCCC1=C2[C@@H](CC/C(C)=C/c3ccc(CO)o3)OC[C@@H]2[C@@H]2C(=O)N(CCC)C(=O)[C@@H]2C1. The molecule has 6 heteroatoms. The van der Waals surface area contributed by atoms with Gasteiger partial charge in [0, 0.05) is 12.5 Å². The molecule has 0 saturated carbocycles. The average molecular weight is 442 g/mol. The second-order valence-corrected chi connectivity index (χ2v) is 9.39. The number of amides is 2. The molecule has 2 fully saturated rings. The van der Waals surface area contributed by atoms with Gasteiger partial charge in [-0.05, 0) is 62.8 Å². The minimum atomic E-state index is -0.244. The Labute approximate surface area is 190 Å². The molecule has 1 aromatic heterocycles. The quantitative estimate of drug-likeness (QED) is 0.451. The molecule has 2 amide bonds. The van der Waals surface area contributed by atoms with E-state index in [2.05, 4.69) is 13.8 Å². The number of ether oxygens (including phenoxy) is 1. The zero-order chi connectivity index (χ0) is 22.8. The Morgan fingerprint density at radius 2 is 2.00 bits per heavy atom. The first-order valence-corrected chi connectivity index (χ1v) is 12.0. The van der Waals surface area contributed by atoms with Crippen molar-refractivity contribution < 1.29 is 23.8 Å². The fraction of sp³-hybridized carbons (Fsp3) is 0.615. The highest BCUT2D eigenvalue weighted by Crippen LogP contribution is 2.50. The molecule has 1 N–H and O–H groups in total. The molecular formula is C26H35NO5. The number of fused-ring (bicyclic) bond motifs is 3. The highest BCUT2D eigenvalue weighted by molar-refractivity contribution is 6.05. The summed E-state index contributed by atoms with van der Waals surface area (Å²) in [6.07, 6.45) is 7.23. The molecule has 2 aliphatic heterocycles. The molecule has 1 aliphatic carbocycles. The van der Waals surface area contributed by atoms with Crippen LogP contribution in [0.2, 0.25) is 0 Å². The van der Waals surface area contributed by atoms with Gasteiger partial charge in [0.2, 0.25) is 11.8 Å². The number of carbonyl (C=O) groups excluding carboxylic acids is 2. The van der Waals surface area contributed by atoms with Crippen molar-refractivity contribution in [1.29, 1.82) is 0 Å². The van der Waals surface area contributed by atoms with Gasteiger partial charge in [0.05, 0.1) is 24.5 Å². The summed E-state index contributed by atoms with van der Waals surface area (Å²) < 4.78 is 11.8. The van der Waals surface area contributed by atoms with E-state index in [4.69, 9.17) is 9.15 Å². The van der Waals surface area contributed by atoms with E-state index < -0.39 is 0 Å². The zero-order valence-corrected chi connectivity index (χ0v) is 19.4. The van der Waals surface area contributed by atoms with Crippen molar-refractivity contribution in [3.8, 4) is 0 Å².